The first-order chi connectivity index (χ1) is 12.5. The molecule has 0 bridgehead atoms. The molecule has 1 aliphatic carbocycles. The molecule has 2 atom stereocenters. The number of nitrogens with one attached hydrogen (secondary N) is 2. The smallest absolute Gasteiger partial charge is 0.240 e. The second-order valence-corrected chi connectivity index (χ2v) is 9.53. The summed E-state index contributed by atoms with van der Waals surface area (Å²) in [5, 5.41) is 3.36. The topological polar surface area (TPSA) is 78.5 Å². The van der Waals surface area contributed by atoms with E-state index in [1.165, 1.54) is 12.0 Å². The van der Waals surface area contributed by atoms with Crippen LogP contribution in [0, 0.1) is 11.8 Å². The minimum atomic E-state index is -3.56. The highest BCUT2D eigenvalue weighted by Gasteiger charge is 2.37. The number of sulfonamides is 1. The monoisotopic (exact) mass is 413 g/mol. The van der Waals surface area contributed by atoms with Gasteiger partial charge in [0.25, 0.3) is 0 Å². The molecule has 0 spiro atoms. The zero-order valence-corrected chi connectivity index (χ0v) is 17.1. The predicted octanol–water partition coefficient (Wildman–Crippen LogP) is 1.33. The summed E-state index contributed by atoms with van der Waals surface area (Å²) in [6.45, 7) is 3.73. The standard InChI is InChI=1S/C19H27N3O3S.ClH/c23-19(22-12-16-10-20-11-17(16)13-22)7-8-21-26(24,25)18-6-5-14-3-1-2-4-15(14)9-18;/h5-6,9,16-17,20-21H,1-4,7-8,10-13H2;1H/t16-,17+;. The van der Waals surface area contributed by atoms with E-state index in [0.29, 0.717) is 16.7 Å². The molecular formula is C19H28ClN3O3S. The fourth-order valence-corrected chi connectivity index (χ4v) is 5.55. The maximum atomic E-state index is 12.5. The zero-order chi connectivity index (χ0) is 18.1. The van der Waals surface area contributed by atoms with Crippen molar-refractivity contribution in [2.45, 2.75) is 37.0 Å². The highest BCUT2D eigenvalue weighted by molar-refractivity contribution is 7.89. The summed E-state index contributed by atoms with van der Waals surface area (Å²) >= 11 is 0. The summed E-state index contributed by atoms with van der Waals surface area (Å²) < 4.78 is 27.7. The molecule has 1 aromatic carbocycles. The molecule has 8 heteroatoms. The summed E-state index contributed by atoms with van der Waals surface area (Å²) in [5.74, 6) is 1.17. The van der Waals surface area contributed by atoms with Gasteiger partial charge in [-0.1, -0.05) is 6.07 Å². The number of hydrogen-bond donors (Lipinski definition) is 2. The van der Waals surface area contributed by atoms with Crippen molar-refractivity contribution in [3.8, 4) is 0 Å². The van der Waals surface area contributed by atoms with Gasteiger partial charge in [-0.2, -0.15) is 0 Å². The molecule has 1 amide bonds. The summed E-state index contributed by atoms with van der Waals surface area (Å²) in [5.41, 5.74) is 2.41. The summed E-state index contributed by atoms with van der Waals surface area (Å²) in [7, 11) is -3.56. The van der Waals surface area contributed by atoms with Crippen molar-refractivity contribution in [3.63, 3.8) is 0 Å². The van der Waals surface area contributed by atoms with Crippen LogP contribution in [0.4, 0.5) is 0 Å². The van der Waals surface area contributed by atoms with Gasteiger partial charge in [-0.3, -0.25) is 4.79 Å². The number of fused-ring (bicyclic) bond motifs is 2. The highest BCUT2D eigenvalue weighted by Crippen LogP contribution is 2.27. The first-order valence-corrected chi connectivity index (χ1v) is 11.1. The molecule has 150 valence electrons. The first kappa shape index (κ1) is 20.6. The van der Waals surface area contributed by atoms with Crippen LogP contribution in [0.25, 0.3) is 0 Å². The van der Waals surface area contributed by atoms with Crippen LogP contribution in [0.3, 0.4) is 0 Å². The molecule has 6 nitrogen and oxygen atoms in total. The lowest BCUT2D eigenvalue weighted by molar-refractivity contribution is -0.130. The Bertz CT molecular complexity index is 787. The third-order valence-corrected chi connectivity index (χ3v) is 7.46. The van der Waals surface area contributed by atoms with Gasteiger partial charge in [-0.25, -0.2) is 13.1 Å². The molecular weight excluding hydrogens is 386 g/mol. The molecule has 2 saturated heterocycles. The Kier molecular flexibility index (Phi) is 6.46. The third kappa shape index (κ3) is 4.47. The second-order valence-electron chi connectivity index (χ2n) is 7.76. The largest absolute Gasteiger partial charge is 0.342 e. The number of halogens is 1. The van der Waals surface area contributed by atoms with Crippen LogP contribution >= 0.6 is 12.4 Å². The Labute approximate surface area is 167 Å². The van der Waals surface area contributed by atoms with Crippen LogP contribution < -0.4 is 10.0 Å². The molecule has 1 aromatic rings. The number of rotatable bonds is 5. The Morgan fingerprint density at radius 3 is 2.48 bits per heavy atom. The Hall–Kier alpha value is -1.15. The number of likely N-dealkylation sites (tertiary alicyclic amines) is 1. The van der Waals surface area contributed by atoms with E-state index in [9.17, 15) is 13.2 Å². The van der Waals surface area contributed by atoms with Crippen LogP contribution in [0.15, 0.2) is 23.1 Å². The van der Waals surface area contributed by atoms with Crippen molar-refractivity contribution in [3.05, 3.63) is 29.3 Å². The number of amides is 1. The van der Waals surface area contributed by atoms with Crippen molar-refractivity contribution in [2.75, 3.05) is 32.7 Å². The molecule has 0 saturated carbocycles. The lowest BCUT2D eigenvalue weighted by Gasteiger charge is -2.18. The van der Waals surface area contributed by atoms with E-state index < -0.39 is 10.0 Å². The van der Waals surface area contributed by atoms with E-state index >= 15 is 0 Å². The summed E-state index contributed by atoms with van der Waals surface area (Å²) in [6.07, 6.45) is 4.49. The number of carbonyl (C=O) groups excluding carboxylic acids is 1. The van der Waals surface area contributed by atoms with Gasteiger partial charge in [0, 0.05) is 39.1 Å². The number of nitrogens with zero attached hydrogens (tertiary/aromatic N) is 1. The molecule has 0 aromatic heterocycles. The van der Waals surface area contributed by atoms with Crippen molar-refractivity contribution in [1.29, 1.82) is 0 Å². The molecule has 2 heterocycles. The van der Waals surface area contributed by atoms with Crippen molar-refractivity contribution < 1.29 is 13.2 Å². The van der Waals surface area contributed by atoms with E-state index in [0.717, 1.165) is 51.0 Å². The van der Waals surface area contributed by atoms with Crippen molar-refractivity contribution in [1.82, 2.24) is 14.9 Å². The molecule has 2 fully saturated rings. The normalized spacial score (nSPS) is 24.2. The minimum absolute atomic E-state index is 0. The van der Waals surface area contributed by atoms with Crippen LogP contribution in [0.2, 0.25) is 0 Å². The molecule has 0 radical (unpaired) electrons. The fraction of sp³-hybridized carbons (Fsp3) is 0.632. The van der Waals surface area contributed by atoms with Gasteiger partial charge in [0.1, 0.15) is 0 Å². The van der Waals surface area contributed by atoms with E-state index in [2.05, 4.69) is 10.0 Å². The first-order valence-electron chi connectivity index (χ1n) is 9.63. The van der Waals surface area contributed by atoms with Gasteiger partial charge in [-0.05, 0) is 60.8 Å². The average Bonchev–Trinajstić information content (AvgIpc) is 3.23. The fourth-order valence-electron chi connectivity index (χ4n) is 4.47. The van der Waals surface area contributed by atoms with Gasteiger partial charge in [-0.15, -0.1) is 12.4 Å². The molecule has 3 aliphatic rings. The molecule has 2 N–H and O–H groups in total. The molecule has 27 heavy (non-hydrogen) atoms. The zero-order valence-electron chi connectivity index (χ0n) is 15.4. The lowest BCUT2D eigenvalue weighted by atomic mass is 9.92. The Balaban J connectivity index is 0.00000210. The van der Waals surface area contributed by atoms with Gasteiger partial charge in [0.15, 0.2) is 0 Å². The molecule has 2 aliphatic heterocycles. The molecule has 4 rings (SSSR count). The van der Waals surface area contributed by atoms with E-state index in [1.807, 2.05) is 11.0 Å². The Morgan fingerprint density at radius 2 is 1.78 bits per heavy atom. The maximum absolute atomic E-state index is 12.5. The van der Waals surface area contributed by atoms with Gasteiger partial charge >= 0.3 is 0 Å². The Morgan fingerprint density at radius 1 is 1.11 bits per heavy atom. The van der Waals surface area contributed by atoms with Crippen LogP contribution in [0.1, 0.15) is 30.4 Å². The number of carbonyl (C=O) groups is 1. The van der Waals surface area contributed by atoms with Crippen molar-refractivity contribution in [2.24, 2.45) is 11.8 Å². The third-order valence-electron chi connectivity index (χ3n) is 6.00. The summed E-state index contributed by atoms with van der Waals surface area (Å²) in [4.78, 5) is 14.6. The number of aryl methyl sites for hydroxylation is 2. The van der Waals surface area contributed by atoms with Gasteiger partial charge < -0.3 is 10.2 Å². The SMILES string of the molecule is Cl.O=C(CCNS(=O)(=O)c1ccc2c(c1)CCCC2)N1C[C@H]2CNC[C@H]2C1. The van der Waals surface area contributed by atoms with Crippen LogP contribution in [0.5, 0.6) is 0 Å². The van der Waals surface area contributed by atoms with Gasteiger partial charge in [0.05, 0.1) is 4.90 Å². The van der Waals surface area contributed by atoms with Crippen LogP contribution in [-0.4, -0.2) is 51.9 Å². The van der Waals surface area contributed by atoms with E-state index in [4.69, 9.17) is 0 Å². The average molecular weight is 414 g/mol. The van der Waals surface area contributed by atoms with Crippen molar-refractivity contribution >= 4 is 28.3 Å². The number of benzene rings is 1. The van der Waals surface area contributed by atoms with E-state index in [1.54, 1.807) is 12.1 Å². The second kappa shape index (κ2) is 8.47. The predicted molar refractivity (Wildman–Crippen MR) is 107 cm³/mol. The lowest BCUT2D eigenvalue weighted by Crippen LogP contribution is -2.35. The van der Waals surface area contributed by atoms with E-state index in [-0.39, 0.29) is 31.3 Å². The maximum Gasteiger partial charge on any atom is 0.240 e. The minimum Gasteiger partial charge on any atom is -0.342 e. The summed E-state index contributed by atoms with van der Waals surface area (Å²) in [6, 6.07) is 5.42. The van der Waals surface area contributed by atoms with Crippen LogP contribution in [-0.2, 0) is 27.7 Å². The van der Waals surface area contributed by atoms with Gasteiger partial charge in [0.2, 0.25) is 15.9 Å². The quantitative estimate of drug-likeness (QED) is 0.763. The highest BCUT2D eigenvalue weighted by atomic mass is 35.5. The number of hydrogen-bond acceptors (Lipinski definition) is 4. The molecule has 0 unspecified atom stereocenters.